The van der Waals surface area contributed by atoms with E-state index in [1.54, 1.807) is 0 Å². The molecule has 2 rings (SSSR count). The lowest BCUT2D eigenvalue weighted by Gasteiger charge is -2.31. The van der Waals surface area contributed by atoms with Crippen molar-refractivity contribution in [1.82, 2.24) is 0 Å². The van der Waals surface area contributed by atoms with Crippen molar-refractivity contribution in [2.75, 3.05) is 13.2 Å². The fraction of sp³-hybridized carbons (Fsp3) is 0.571. The van der Waals surface area contributed by atoms with Gasteiger partial charge in [0.2, 0.25) is 0 Å². The van der Waals surface area contributed by atoms with Crippen LogP contribution < -0.4 is 0 Å². The molecule has 1 aromatic carbocycles. The van der Waals surface area contributed by atoms with Crippen molar-refractivity contribution in [3.05, 3.63) is 35.9 Å². The molecule has 0 saturated carbocycles. The lowest BCUT2D eigenvalue weighted by molar-refractivity contribution is 0.0100. The molecule has 0 amide bonds. The molecule has 2 unspecified atom stereocenters. The summed E-state index contributed by atoms with van der Waals surface area (Å²) in [7, 11) is 0. The molecule has 88 valence electrons. The summed E-state index contributed by atoms with van der Waals surface area (Å²) >= 11 is 0. The summed E-state index contributed by atoms with van der Waals surface area (Å²) in [6.45, 7) is 3.83. The zero-order chi connectivity index (χ0) is 11.4. The van der Waals surface area contributed by atoms with Crippen LogP contribution in [0.1, 0.15) is 31.4 Å². The highest BCUT2D eigenvalue weighted by molar-refractivity contribution is 5.18. The first-order chi connectivity index (χ1) is 7.79. The normalized spacial score (nSPS) is 21.6. The molecular formula is C14H20O2. The van der Waals surface area contributed by atoms with Gasteiger partial charge in [-0.1, -0.05) is 37.3 Å². The van der Waals surface area contributed by atoms with E-state index in [2.05, 4.69) is 6.92 Å². The molecule has 1 saturated heterocycles. The quantitative estimate of drug-likeness (QED) is 0.848. The zero-order valence-electron chi connectivity index (χ0n) is 9.80. The molecule has 0 radical (unpaired) electrons. The molecule has 0 spiro atoms. The van der Waals surface area contributed by atoms with Crippen LogP contribution in [0.2, 0.25) is 0 Å². The Hall–Kier alpha value is -0.860. The monoisotopic (exact) mass is 220 g/mol. The van der Waals surface area contributed by atoms with Crippen LogP contribution in [0.15, 0.2) is 30.3 Å². The van der Waals surface area contributed by atoms with Gasteiger partial charge < -0.3 is 9.84 Å². The Morgan fingerprint density at radius 1 is 1.19 bits per heavy atom. The van der Waals surface area contributed by atoms with Crippen molar-refractivity contribution in [2.24, 2.45) is 11.8 Å². The van der Waals surface area contributed by atoms with E-state index >= 15 is 0 Å². The third-order valence-electron chi connectivity index (χ3n) is 3.65. The summed E-state index contributed by atoms with van der Waals surface area (Å²) in [5.41, 5.74) is 1.03. The first-order valence-corrected chi connectivity index (χ1v) is 6.10. The summed E-state index contributed by atoms with van der Waals surface area (Å²) < 4.78 is 5.35. The highest BCUT2D eigenvalue weighted by Crippen LogP contribution is 2.33. The smallest absolute Gasteiger partial charge is 0.0818 e. The second kappa shape index (κ2) is 5.46. The molecule has 2 heteroatoms. The lowest BCUT2D eigenvalue weighted by Crippen LogP contribution is -2.25. The maximum absolute atomic E-state index is 10.3. The van der Waals surface area contributed by atoms with Crippen molar-refractivity contribution < 1.29 is 9.84 Å². The Labute approximate surface area is 97.3 Å². The SMILES string of the molecule is CC(C1CCOCC1)C(O)c1ccccc1. The van der Waals surface area contributed by atoms with Crippen LogP contribution in [0.3, 0.4) is 0 Å². The van der Waals surface area contributed by atoms with Gasteiger partial charge >= 0.3 is 0 Å². The highest BCUT2D eigenvalue weighted by Gasteiger charge is 2.26. The zero-order valence-corrected chi connectivity index (χ0v) is 9.80. The number of benzene rings is 1. The Bertz CT molecular complexity index is 304. The molecule has 1 aromatic rings. The molecule has 0 aromatic heterocycles. The maximum atomic E-state index is 10.3. The average molecular weight is 220 g/mol. The van der Waals surface area contributed by atoms with Gasteiger partial charge in [-0.05, 0) is 30.2 Å². The average Bonchev–Trinajstić information content (AvgIpc) is 2.39. The molecule has 1 aliphatic rings. The second-order valence-corrected chi connectivity index (χ2v) is 4.66. The van der Waals surface area contributed by atoms with Crippen LogP contribution in [0.4, 0.5) is 0 Å². The van der Waals surface area contributed by atoms with Gasteiger partial charge in [0.05, 0.1) is 6.10 Å². The van der Waals surface area contributed by atoms with Crippen LogP contribution in [-0.2, 0) is 4.74 Å². The fourth-order valence-corrected chi connectivity index (χ4v) is 2.45. The predicted molar refractivity (Wildman–Crippen MR) is 64.1 cm³/mol. The van der Waals surface area contributed by atoms with E-state index in [0.29, 0.717) is 11.8 Å². The summed E-state index contributed by atoms with van der Waals surface area (Å²) in [4.78, 5) is 0. The second-order valence-electron chi connectivity index (χ2n) is 4.66. The molecule has 1 fully saturated rings. The minimum absolute atomic E-state index is 0.311. The largest absolute Gasteiger partial charge is 0.388 e. The van der Waals surface area contributed by atoms with E-state index in [0.717, 1.165) is 31.6 Å². The molecule has 1 N–H and O–H groups in total. The first kappa shape index (κ1) is 11.6. The third kappa shape index (κ3) is 2.63. The lowest BCUT2D eigenvalue weighted by atomic mass is 9.81. The van der Waals surface area contributed by atoms with Gasteiger partial charge in [0.1, 0.15) is 0 Å². The van der Waals surface area contributed by atoms with Crippen molar-refractivity contribution in [1.29, 1.82) is 0 Å². The molecule has 0 aliphatic carbocycles. The van der Waals surface area contributed by atoms with Crippen molar-refractivity contribution in [3.8, 4) is 0 Å². The summed E-state index contributed by atoms with van der Waals surface area (Å²) in [5.74, 6) is 0.898. The van der Waals surface area contributed by atoms with Crippen LogP contribution in [0.5, 0.6) is 0 Å². The van der Waals surface area contributed by atoms with E-state index in [1.165, 1.54) is 0 Å². The Balaban J connectivity index is 2.00. The molecular weight excluding hydrogens is 200 g/mol. The van der Waals surface area contributed by atoms with Crippen LogP contribution >= 0.6 is 0 Å². The number of aliphatic hydroxyl groups is 1. The predicted octanol–water partition coefficient (Wildman–Crippen LogP) is 2.78. The topological polar surface area (TPSA) is 29.5 Å². The first-order valence-electron chi connectivity index (χ1n) is 6.10. The molecule has 2 nitrogen and oxygen atoms in total. The van der Waals surface area contributed by atoms with E-state index in [4.69, 9.17) is 4.74 Å². The standard InChI is InChI=1S/C14H20O2/c1-11(12-7-9-16-10-8-12)14(15)13-5-3-2-4-6-13/h2-6,11-12,14-15H,7-10H2,1H3. The summed E-state index contributed by atoms with van der Waals surface area (Å²) in [6.07, 6.45) is 1.81. The molecule has 1 heterocycles. The van der Waals surface area contributed by atoms with E-state index in [9.17, 15) is 5.11 Å². The summed E-state index contributed by atoms with van der Waals surface area (Å²) in [5, 5.41) is 10.3. The Morgan fingerprint density at radius 3 is 2.44 bits per heavy atom. The molecule has 1 aliphatic heterocycles. The number of aliphatic hydroxyl groups excluding tert-OH is 1. The molecule has 0 bridgehead atoms. The van der Waals surface area contributed by atoms with Crippen molar-refractivity contribution in [3.63, 3.8) is 0 Å². The van der Waals surface area contributed by atoms with E-state index in [-0.39, 0.29) is 6.10 Å². The fourth-order valence-electron chi connectivity index (χ4n) is 2.45. The Morgan fingerprint density at radius 2 is 1.81 bits per heavy atom. The van der Waals surface area contributed by atoms with Gasteiger partial charge in [0.15, 0.2) is 0 Å². The number of hydrogen-bond acceptors (Lipinski definition) is 2. The Kier molecular flexibility index (Phi) is 3.97. The van der Waals surface area contributed by atoms with Crippen LogP contribution in [0, 0.1) is 11.8 Å². The minimum atomic E-state index is -0.343. The number of rotatable bonds is 3. The van der Waals surface area contributed by atoms with Gasteiger partial charge in [-0.2, -0.15) is 0 Å². The van der Waals surface area contributed by atoms with Crippen LogP contribution in [-0.4, -0.2) is 18.3 Å². The van der Waals surface area contributed by atoms with E-state index in [1.807, 2.05) is 30.3 Å². The third-order valence-corrected chi connectivity index (χ3v) is 3.65. The number of hydrogen-bond donors (Lipinski definition) is 1. The molecule has 2 atom stereocenters. The number of ether oxygens (including phenoxy) is 1. The highest BCUT2D eigenvalue weighted by atomic mass is 16.5. The van der Waals surface area contributed by atoms with Gasteiger partial charge in [0.25, 0.3) is 0 Å². The van der Waals surface area contributed by atoms with Gasteiger partial charge in [-0.25, -0.2) is 0 Å². The van der Waals surface area contributed by atoms with Gasteiger partial charge in [-0.15, -0.1) is 0 Å². The van der Waals surface area contributed by atoms with Crippen LogP contribution in [0.25, 0.3) is 0 Å². The van der Waals surface area contributed by atoms with Crippen molar-refractivity contribution >= 4 is 0 Å². The summed E-state index contributed by atoms with van der Waals surface area (Å²) in [6, 6.07) is 9.95. The molecule has 16 heavy (non-hydrogen) atoms. The van der Waals surface area contributed by atoms with Crippen molar-refractivity contribution in [2.45, 2.75) is 25.9 Å². The van der Waals surface area contributed by atoms with E-state index < -0.39 is 0 Å². The van der Waals surface area contributed by atoms with Gasteiger partial charge in [0, 0.05) is 13.2 Å². The maximum Gasteiger partial charge on any atom is 0.0818 e. The minimum Gasteiger partial charge on any atom is -0.388 e. The van der Waals surface area contributed by atoms with Gasteiger partial charge in [-0.3, -0.25) is 0 Å².